The third-order valence-electron chi connectivity index (χ3n) is 2.38. The summed E-state index contributed by atoms with van der Waals surface area (Å²) in [7, 11) is 0. The Labute approximate surface area is 115 Å². The zero-order valence-corrected chi connectivity index (χ0v) is 10.8. The summed E-state index contributed by atoms with van der Waals surface area (Å²) in [6, 6.07) is 11.7. The highest BCUT2D eigenvalue weighted by Gasteiger charge is 2.11. The van der Waals surface area contributed by atoms with Gasteiger partial charge in [-0.25, -0.2) is 0 Å². The van der Waals surface area contributed by atoms with Gasteiger partial charge in [0.25, 0.3) is 5.91 Å². The summed E-state index contributed by atoms with van der Waals surface area (Å²) in [5.41, 5.74) is 7.04. The standard InChI is InChI=1S/C13H10Cl2N2O/c14-8-5-6-11(16)12(7-8)17-13(18)9-3-1-2-4-10(9)15/h1-7H,16H2,(H,17,18). The van der Waals surface area contributed by atoms with Crippen molar-refractivity contribution >= 4 is 40.5 Å². The molecular formula is C13H10Cl2N2O. The Bertz CT molecular complexity index is 599. The number of nitrogens with one attached hydrogen (secondary N) is 1. The summed E-state index contributed by atoms with van der Waals surface area (Å²) in [5.74, 6) is -0.324. The Morgan fingerprint density at radius 1 is 1.11 bits per heavy atom. The number of carbonyl (C=O) groups is 1. The lowest BCUT2D eigenvalue weighted by molar-refractivity contribution is 0.102. The van der Waals surface area contributed by atoms with Crippen molar-refractivity contribution in [2.75, 3.05) is 11.1 Å². The fourth-order valence-electron chi connectivity index (χ4n) is 1.47. The third-order valence-corrected chi connectivity index (χ3v) is 2.95. The van der Waals surface area contributed by atoms with Gasteiger partial charge in [-0.1, -0.05) is 35.3 Å². The van der Waals surface area contributed by atoms with Gasteiger partial charge in [-0.2, -0.15) is 0 Å². The molecule has 0 aromatic heterocycles. The maximum absolute atomic E-state index is 12.0. The van der Waals surface area contributed by atoms with Gasteiger partial charge in [0.1, 0.15) is 0 Å². The van der Waals surface area contributed by atoms with E-state index in [1.165, 1.54) is 0 Å². The molecule has 0 saturated heterocycles. The molecule has 92 valence electrons. The van der Waals surface area contributed by atoms with Crippen molar-refractivity contribution in [3.8, 4) is 0 Å². The number of benzene rings is 2. The Morgan fingerprint density at radius 3 is 2.56 bits per heavy atom. The number of amides is 1. The van der Waals surface area contributed by atoms with Crippen LogP contribution in [-0.4, -0.2) is 5.91 Å². The largest absolute Gasteiger partial charge is 0.397 e. The van der Waals surface area contributed by atoms with Crippen molar-refractivity contribution < 1.29 is 4.79 Å². The zero-order chi connectivity index (χ0) is 13.1. The van der Waals surface area contributed by atoms with E-state index in [0.717, 1.165) is 0 Å². The normalized spacial score (nSPS) is 10.1. The van der Waals surface area contributed by atoms with Gasteiger partial charge in [0, 0.05) is 5.02 Å². The third kappa shape index (κ3) is 2.75. The first-order chi connectivity index (χ1) is 8.58. The Balaban J connectivity index is 2.27. The highest BCUT2D eigenvalue weighted by atomic mass is 35.5. The fourth-order valence-corrected chi connectivity index (χ4v) is 1.87. The molecule has 1 amide bonds. The molecule has 2 aromatic carbocycles. The summed E-state index contributed by atoms with van der Waals surface area (Å²) < 4.78 is 0. The maximum Gasteiger partial charge on any atom is 0.257 e. The monoisotopic (exact) mass is 280 g/mol. The van der Waals surface area contributed by atoms with Gasteiger partial charge in [-0.05, 0) is 30.3 Å². The first kappa shape index (κ1) is 12.7. The first-order valence-corrected chi connectivity index (χ1v) is 5.94. The van der Waals surface area contributed by atoms with E-state index in [2.05, 4.69) is 5.32 Å². The molecule has 0 fully saturated rings. The van der Waals surface area contributed by atoms with E-state index >= 15 is 0 Å². The van der Waals surface area contributed by atoms with Crippen molar-refractivity contribution in [2.45, 2.75) is 0 Å². The number of carbonyl (C=O) groups excluding carboxylic acids is 1. The van der Waals surface area contributed by atoms with E-state index in [4.69, 9.17) is 28.9 Å². The number of halogens is 2. The van der Waals surface area contributed by atoms with Crippen molar-refractivity contribution in [1.82, 2.24) is 0 Å². The average Bonchev–Trinajstić information content (AvgIpc) is 2.34. The maximum atomic E-state index is 12.0. The summed E-state index contributed by atoms with van der Waals surface area (Å²) in [6.07, 6.45) is 0. The minimum absolute atomic E-state index is 0.324. The number of nitrogens with two attached hydrogens (primary N) is 1. The van der Waals surface area contributed by atoms with E-state index in [9.17, 15) is 4.79 Å². The molecule has 3 N–H and O–H groups in total. The topological polar surface area (TPSA) is 55.1 Å². The SMILES string of the molecule is Nc1ccc(Cl)cc1NC(=O)c1ccccc1Cl. The second-order valence-electron chi connectivity index (χ2n) is 3.67. The molecule has 0 atom stereocenters. The Kier molecular flexibility index (Phi) is 3.75. The minimum Gasteiger partial charge on any atom is -0.397 e. The second kappa shape index (κ2) is 5.29. The van der Waals surface area contributed by atoms with Crippen LogP contribution in [0.5, 0.6) is 0 Å². The summed E-state index contributed by atoms with van der Waals surface area (Å²) in [6.45, 7) is 0. The molecule has 0 saturated carbocycles. The summed E-state index contributed by atoms with van der Waals surface area (Å²) in [4.78, 5) is 12.0. The molecule has 5 heteroatoms. The number of rotatable bonds is 2. The van der Waals surface area contributed by atoms with Crippen LogP contribution in [0.25, 0.3) is 0 Å². The first-order valence-electron chi connectivity index (χ1n) is 5.19. The van der Waals surface area contributed by atoms with E-state index in [1.54, 1.807) is 42.5 Å². The predicted molar refractivity (Wildman–Crippen MR) is 75.3 cm³/mol. The van der Waals surface area contributed by atoms with Crippen LogP contribution in [0.1, 0.15) is 10.4 Å². The van der Waals surface area contributed by atoms with Crippen molar-refractivity contribution in [2.24, 2.45) is 0 Å². The van der Waals surface area contributed by atoms with E-state index in [-0.39, 0.29) is 5.91 Å². The van der Waals surface area contributed by atoms with Crippen LogP contribution in [-0.2, 0) is 0 Å². The summed E-state index contributed by atoms with van der Waals surface area (Å²) in [5, 5.41) is 3.56. The van der Waals surface area contributed by atoms with Crippen LogP contribution in [0, 0.1) is 0 Å². The van der Waals surface area contributed by atoms with Crippen LogP contribution < -0.4 is 11.1 Å². The Hall–Kier alpha value is -1.71. The van der Waals surface area contributed by atoms with Crippen molar-refractivity contribution in [1.29, 1.82) is 0 Å². The minimum atomic E-state index is -0.324. The van der Waals surface area contributed by atoms with Crippen LogP contribution in [0.15, 0.2) is 42.5 Å². The highest BCUT2D eigenvalue weighted by Crippen LogP contribution is 2.24. The molecule has 0 aliphatic heterocycles. The molecule has 0 aliphatic carbocycles. The molecule has 2 rings (SSSR count). The van der Waals surface area contributed by atoms with Gasteiger partial charge in [-0.15, -0.1) is 0 Å². The molecule has 0 aliphatic rings. The molecule has 3 nitrogen and oxygen atoms in total. The average molecular weight is 281 g/mol. The second-order valence-corrected chi connectivity index (χ2v) is 4.51. The molecule has 0 spiro atoms. The molecule has 0 heterocycles. The van der Waals surface area contributed by atoms with Gasteiger partial charge < -0.3 is 11.1 Å². The molecule has 0 radical (unpaired) electrons. The predicted octanol–water partition coefficient (Wildman–Crippen LogP) is 3.83. The van der Waals surface area contributed by atoms with E-state index < -0.39 is 0 Å². The quantitative estimate of drug-likeness (QED) is 0.822. The van der Waals surface area contributed by atoms with Gasteiger partial charge in [0.15, 0.2) is 0 Å². The molecule has 0 unspecified atom stereocenters. The molecule has 2 aromatic rings. The lowest BCUT2D eigenvalue weighted by Gasteiger charge is -2.09. The summed E-state index contributed by atoms with van der Waals surface area (Å²) >= 11 is 11.8. The fraction of sp³-hybridized carbons (Fsp3) is 0. The zero-order valence-electron chi connectivity index (χ0n) is 9.28. The van der Waals surface area contributed by atoms with Gasteiger partial charge in [0.2, 0.25) is 0 Å². The van der Waals surface area contributed by atoms with Gasteiger partial charge in [0.05, 0.1) is 22.0 Å². The molecule has 18 heavy (non-hydrogen) atoms. The smallest absolute Gasteiger partial charge is 0.257 e. The van der Waals surface area contributed by atoms with Crippen LogP contribution in [0.3, 0.4) is 0 Å². The van der Waals surface area contributed by atoms with Crippen molar-refractivity contribution in [3.63, 3.8) is 0 Å². The van der Waals surface area contributed by atoms with Crippen LogP contribution in [0.2, 0.25) is 10.0 Å². The van der Waals surface area contributed by atoms with E-state index in [1.807, 2.05) is 0 Å². The molecule has 0 bridgehead atoms. The number of hydrogen-bond acceptors (Lipinski definition) is 2. The van der Waals surface area contributed by atoms with Gasteiger partial charge in [-0.3, -0.25) is 4.79 Å². The Morgan fingerprint density at radius 2 is 1.83 bits per heavy atom. The lowest BCUT2D eigenvalue weighted by atomic mass is 10.2. The number of hydrogen-bond donors (Lipinski definition) is 2. The van der Waals surface area contributed by atoms with Gasteiger partial charge >= 0.3 is 0 Å². The number of nitrogen functional groups attached to an aromatic ring is 1. The number of anilines is 2. The lowest BCUT2D eigenvalue weighted by Crippen LogP contribution is -2.13. The molecular weight excluding hydrogens is 271 g/mol. The van der Waals surface area contributed by atoms with Crippen LogP contribution in [0.4, 0.5) is 11.4 Å². The highest BCUT2D eigenvalue weighted by molar-refractivity contribution is 6.34. The van der Waals surface area contributed by atoms with Crippen LogP contribution >= 0.6 is 23.2 Å². The van der Waals surface area contributed by atoms with E-state index in [0.29, 0.717) is 27.0 Å². The van der Waals surface area contributed by atoms with Crippen molar-refractivity contribution in [3.05, 3.63) is 58.1 Å².